The molecule has 8 heteroatoms. The Morgan fingerprint density at radius 2 is 1.19 bits per heavy atom. The summed E-state index contributed by atoms with van der Waals surface area (Å²) >= 11 is 0. The molecular formula is C39H66NO7+. The highest BCUT2D eigenvalue weighted by atomic mass is 16.6. The number of aliphatic carboxylic acids is 1. The molecule has 0 rings (SSSR count). The molecule has 2 unspecified atom stereocenters. The van der Waals surface area contributed by atoms with Crippen molar-refractivity contribution in [2.75, 3.05) is 41.0 Å². The number of carboxylic acids is 1. The van der Waals surface area contributed by atoms with Crippen molar-refractivity contribution in [3.05, 3.63) is 60.8 Å². The molecule has 0 saturated heterocycles. The van der Waals surface area contributed by atoms with E-state index >= 15 is 0 Å². The quantitative estimate of drug-likeness (QED) is 0.0356. The van der Waals surface area contributed by atoms with Gasteiger partial charge in [-0.05, 0) is 32.1 Å². The number of allylic oxidation sites excluding steroid dienone is 10. The zero-order valence-corrected chi connectivity index (χ0v) is 30.2. The fourth-order valence-electron chi connectivity index (χ4n) is 4.76. The molecule has 0 aliphatic rings. The molecule has 0 aliphatic heterocycles. The highest BCUT2D eigenvalue weighted by Gasteiger charge is 2.31. The van der Waals surface area contributed by atoms with Crippen LogP contribution in [0.5, 0.6) is 0 Å². The third kappa shape index (κ3) is 28.9. The third-order valence-electron chi connectivity index (χ3n) is 7.56. The second kappa shape index (κ2) is 30.4. The summed E-state index contributed by atoms with van der Waals surface area (Å²) in [6.45, 7) is 4.48. The van der Waals surface area contributed by atoms with E-state index in [-0.39, 0.29) is 36.2 Å². The average molecular weight is 661 g/mol. The Morgan fingerprint density at radius 3 is 1.77 bits per heavy atom. The lowest BCUT2D eigenvalue weighted by Gasteiger charge is -2.31. The first-order valence-corrected chi connectivity index (χ1v) is 17.9. The summed E-state index contributed by atoms with van der Waals surface area (Å²) in [5.74, 6) is -1.54. The van der Waals surface area contributed by atoms with Crippen LogP contribution in [-0.2, 0) is 28.6 Å². The van der Waals surface area contributed by atoms with Crippen molar-refractivity contribution in [2.45, 2.75) is 129 Å². The van der Waals surface area contributed by atoms with Gasteiger partial charge >= 0.3 is 17.9 Å². The fraction of sp³-hybridized carbons (Fsp3) is 0.667. The molecule has 0 aromatic carbocycles. The van der Waals surface area contributed by atoms with E-state index in [9.17, 15) is 19.5 Å². The van der Waals surface area contributed by atoms with Gasteiger partial charge in [0.25, 0.3) is 0 Å². The van der Waals surface area contributed by atoms with Crippen LogP contribution in [0.25, 0.3) is 0 Å². The topological polar surface area (TPSA) is 99.1 Å². The highest BCUT2D eigenvalue weighted by Crippen LogP contribution is 2.12. The lowest BCUT2D eigenvalue weighted by Crippen LogP contribution is -2.50. The molecule has 1 N–H and O–H groups in total. The Kier molecular flexibility index (Phi) is 28.4. The maximum absolute atomic E-state index is 12.5. The highest BCUT2D eigenvalue weighted by molar-refractivity contribution is 5.72. The largest absolute Gasteiger partial charge is 0.477 e. The maximum atomic E-state index is 12.5. The number of quaternary nitrogens is 1. The van der Waals surface area contributed by atoms with E-state index in [0.717, 1.165) is 51.4 Å². The van der Waals surface area contributed by atoms with Crippen molar-refractivity contribution in [2.24, 2.45) is 0 Å². The van der Waals surface area contributed by atoms with Gasteiger partial charge in [0.05, 0.1) is 34.4 Å². The van der Waals surface area contributed by atoms with Crippen LogP contribution in [0.4, 0.5) is 0 Å². The number of unbranched alkanes of at least 4 members (excludes halogenated alkanes) is 10. The first-order chi connectivity index (χ1) is 22.6. The van der Waals surface area contributed by atoms with E-state index in [1.54, 1.807) is 0 Å². The molecule has 0 aliphatic carbocycles. The van der Waals surface area contributed by atoms with Gasteiger partial charge in [0.15, 0.2) is 12.1 Å². The number of carboxylic acid groups (broad SMARTS) is 1. The molecule has 0 aromatic heterocycles. The Hall–Kier alpha value is -2.97. The first kappa shape index (κ1) is 44.0. The summed E-state index contributed by atoms with van der Waals surface area (Å²) in [5, 5.41) is 9.55. The second-order valence-corrected chi connectivity index (χ2v) is 12.9. The van der Waals surface area contributed by atoms with E-state index in [1.165, 1.54) is 32.1 Å². The number of likely N-dealkylation sites (N-methyl/N-ethyl adjacent to an activating group) is 1. The number of ether oxygens (including phenoxy) is 3. The van der Waals surface area contributed by atoms with E-state index in [0.29, 0.717) is 19.3 Å². The van der Waals surface area contributed by atoms with Gasteiger partial charge in [0.1, 0.15) is 6.61 Å². The van der Waals surface area contributed by atoms with Gasteiger partial charge in [0, 0.05) is 19.3 Å². The molecule has 8 nitrogen and oxygen atoms in total. The minimum Gasteiger partial charge on any atom is -0.477 e. The van der Waals surface area contributed by atoms with Crippen LogP contribution in [0.1, 0.15) is 117 Å². The smallest absolute Gasteiger partial charge is 0.362 e. The number of hydrogen-bond acceptors (Lipinski definition) is 6. The molecule has 0 radical (unpaired) electrons. The summed E-state index contributed by atoms with van der Waals surface area (Å²) in [6, 6.07) is -0.620. The van der Waals surface area contributed by atoms with Crippen molar-refractivity contribution in [3.8, 4) is 0 Å². The zero-order valence-electron chi connectivity index (χ0n) is 30.2. The predicted octanol–water partition coefficient (Wildman–Crippen LogP) is 8.68. The number of hydrogen-bond donors (Lipinski definition) is 1. The molecule has 0 fully saturated rings. The first-order valence-electron chi connectivity index (χ1n) is 17.9. The van der Waals surface area contributed by atoms with Gasteiger partial charge in [-0.3, -0.25) is 9.59 Å². The van der Waals surface area contributed by atoms with Crippen LogP contribution >= 0.6 is 0 Å². The minimum absolute atomic E-state index is 0.0451. The summed E-state index contributed by atoms with van der Waals surface area (Å²) < 4.78 is 17.1. The predicted molar refractivity (Wildman–Crippen MR) is 192 cm³/mol. The number of carbonyl (C=O) groups excluding carboxylic acids is 2. The normalized spacial score (nSPS) is 13.8. The molecule has 0 heterocycles. The maximum Gasteiger partial charge on any atom is 0.362 e. The van der Waals surface area contributed by atoms with E-state index < -0.39 is 18.1 Å². The number of esters is 2. The molecule has 0 bridgehead atoms. The third-order valence-corrected chi connectivity index (χ3v) is 7.56. The van der Waals surface area contributed by atoms with Gasteiger partial charge in [0.2, 0.25) is 0 Å². The van der Waals surface area contributed by atoms with Crippen LogP contribution in [0.3, 0.4) is 0 Å². The van der Waals surface area contributed by atoms with Crippen molar-refractivity contribution < 1.29 is 38.2 Å². The van der Waals surface area contributed by atoms with Crippen molar-refractivity contribution in [3.63, 3.8) is 0 Å². The van der Waals surface area contributed by atoms with E-state index in [1.807, 2.05) is 69.8 Å². The minimum atomic E-state index is -0.886. The lowest BCUT2D eigenvalue weighted by atomic mass is 10.1. The summed E-state index contributed by atoms with van der Waals surface area (Å²) in [5.41, 5.74) is 0. The fourth-order valence-corrected chi connectivity index (χ4v) is 4.76. The summed E-state index contributed by atoms with van der Waals surface area (Å²) in [4.78, 5) is 36.6. The number of nitrogens with zero attached hydrogens (tertiary/aromatic N) is 1. The zero-order chi connectivity index (χ0) is 35.0. The van der Waals surface area contributed by atoms with Gasteiger partial charge in [-0.1, -0.05) is 126 Å². The van der Waals surface area contributed by atoms with Crippen LogP contribution < -0.4 is 0 Å². The van der Waals surface area contributed by atoms with Crippen molar-refractivity contribution in [1.29, 1.82) is 0 Å². The van der Waals surface area contributed by atoms with Gasteiger partial charge in [-0.15, -0.1) is 0 Å². The SMILES string of the molecule is CC/C=C/C=C/C=C/C=C/C=C/CCCCCC(=O)OCC(COCCC(C(=O)O)[N+](C)(C)C)OC(=O)CCCCCCCCCC. The van der Waals surface area contributed by atoms with Crippen molar-refractivity contribution >= 4 is 17.9 Å². The van der Waals surface area contributed by atoms with Gasteiger partial charge < -0.3 is 23.8 Å². The molecule has 0 aromatic rings. The molecule has 47 heavy (non-hydrogen) atoms. The van der Waals surface area contributed by atoms with Gasteiger partial charge in [-0.25, -0.2) is 4.79 Å². The Bertz CT molecular complexity index is 959. The average Bonchev–Trinajstić information content (AvgIpc) is 3.01. The standard InChI is InChI=1S/C39H65NO7/c1-6-8-10-12-14-16-17-18-19-20-21-22-24-25-27-29-37(41)46-34-35(33-45-32-31-36(39(43)44)40(3,4)5)47-38(42)30-28-26-23-15-13-11-9-7-2/h8,10,12,14,16-21,35-36H,6-7,9,11,13,15,22-34H2,1-5H3/p+1/b10-8+,14-12+,17-16+,19-18+,21-20+. The molecular weight excluding hydrogens is 594 g/mol. The number of rotatable bonds is 30. The summed E-state index contributed by atoms with van der Waals surface area (Å²) in [6.07, 6.45) is 34.1. The lowest BCUT2D eigenvalue weighted by molar-refractivity contribution is -0.887. The second-order valence-electron chi connectivity index (χ2n) is 12.9. The molecule has 268 valence electrons. The van der Waals surface area contributed by atoms with E-state index in [4.69, 9.17) is 14.2 Å². The number of carbonyl (C=O) groups is 3. The Labute approximate surface area is 286 Å². The monoisotopic (exact) mass is 660 g/mol. The van der Waals surface area contributed by atoms with Crippen LogP contribution in [0, 0.1) is 0 Å². The van der Waals surface area contributed by atoms with Crippen LogP contribution in [0.15, 0.2) is 60.8 Å². The van der Waals surface area contributed by atoms with E-state index in [2.05, 4.69) is 26.0 Å². The van der Waals surface area contributed by atoms with Crippen LogP contribution in [0.2, 0.25) is 0 Å². The van der Waals surface area contributed by atoms with Gasteiger partial charge in [-0.2, -0.15) is 0 Å². The molecule has 0 spiro atoms. The molecule has 0 saturated carbocycles. The van der Waals surface area contributed by atoms with Crippen molar-refractivity contribution in [1.82, 2.24) is 0 Å². The Morgan fingerprint density at radius 1 is 0.660 bits per heavy atom. The Balaban J connectivity index is 4.52. The molecule has 0 amide bonds. The summed E-state index contributed by atoms with van der Waals surface area (Å²) in [7, 11) is 5.49. The molecule has 2 atom stereocenters. The van der Waals surface area contributed by atoms with Crippen LogP contribution in [-0.4, -0.2) is 80.6 Å².